The first-order chi connectivity index (χ1) is 11.3. The Balaban J connectivity index is 1.53. The van der Waals surface area contributed by atoms with Gasteiger partial charge in [-0.3, -0.25) is 4.90 Å². The molecule has 2 aliphatic rings. The maximum atomic E-state index is 4.51. The molecule has 0 spiro atoms. The summed E-state index contributed by atoms with van der Waals surface area (Å²) < 4.78 is 0. The second-order valence-corrected chi connectivity index (χ2v) is 6.62. The standard InChI is InChI=1S/C19H24N4/c1-2-23-16-9-6-10-17(23)14-22(13-16)19-12-11-18(20-21-19)15-7-4-3-5-8-15/h3-5,7-8,11-12,16-17H,2,6,9-10,13-14H2,1H3. The summed E-state index contributed by atoms with van der Waals surface area (Å²) in [5.41, 5.74) is 2.07. The molecule has 4 heteroatoms. The molecule has 0 amide bonds. The van der Waals surface area contributed by atoms with Crippen LogP contribution in [0.15, 0.2) is 42.5 Å². The zero-order chi connectivity index (χ0) is 15.6. The van der Waals surface area contributed by atoms with Gasteiger partial charge in [0.2, 0.25) is 0 Å². The average molecular weight is 308 g/mol. The lowest BCUT2D eigenvalue weighted by Crippen LogP contribution is -2.60. The summed E-state index contributed by atoms with van der Waals surface area (Å²) in [6.07, 6.45) is 4.00. The van der Waals surface area contributed by atoms with Gasteiger partial charge in [0.05, 0.1) is 5.69 Å². The number of nitrogens with zero attached hydrogens (tertiary/aromatic N) is 4. The first-order valence-corrected chi connectivity index (χ1v) is 8.75. The van der Waals surface area contributed by atoms with Crippen LogP contribution < -0.4 is 4.90 Å². The molecule has 2 saturated heterocycles. The minimum Gasteiger partial charge on any atom is -0.352 e. The predicted molar refractivity (Wildman–Crippen MR) is 93.5 cm³/mol. The number of likely N-dealkylation sites (N-methyl/N-ethyl adjacent to an activating group) is 1. The topological polar surface area (TPSA) is 32.3 Å². The zero-order valence-corrected chi connectivity index (χ0v) is 13.7. The van der Waals surface area contributed by atoms with Gasteiger partial charge in [0.25, 0.3) is 0 Å². The zero-order valence-electron chi connectivity index (χ0n) is 13.7. The van der Waals surface area contributed by atoms with Crippen LogP contribution in [0.5, 0.6) is 0 Å². The van der Waals surface area contributed by atoms with Crippen LogP contribution in [0.3, 0.4) is 0 Å². The molecule has 3 heterocycles. The van der Waals surface area contributed by atoms with E-state index in [2.05, 4.69) is 51.2 Å². The third-order valence-electron chi connectivity index (χ3n) is 5.28. The Bertz CT molecular complexity index is 626. The Hall–Kier alpha value is -1.94. The summed E-state index contributed by atoms with van der Waals surface area (Å²) in [7, 11) is 0. The lowest BCUT2D eigenvalue weighted by Gasteiger charge is -2.50. The van der Waals surface area contributed by atoms with Gasteiger partial charge in [-0.05, 0) is 31.5 Å². The van der Waals surface area contributed by atoms with Gasteiger partial charge < -0.3 is 4.90 Å². The van der Waals surface area contributed by atoms with E-state index in [0.717, 1.165) is 30.2 Å². The molecule has 0 aliphatic carbocycles. The van der Waals surface area contributed by atoms with Gasteiger partial charge in [-0.25, -0.2) is 0 Å². The minimum atomic E-state index is 0.683. The third-order valence-corrected chi connectivity index (χ3v) is 5.28. The maximum absolute atomic E-state index is 4.51. The van der Waals surface area contributed by atoms with E-state index in [1.807, 2.05) is 18.2 Å². The summed E-state index contributed by atoms with van der Waals surface area (Å²) in [4.78, 5) is 5.12. The van der Waals surface area contributed by atoms with Crippen molar-refractivity contribution in [3.05, 3.63) is 42.5 Å². The molecule has 0 radical (unpaired) electrons. The molecule has 2 unspecified atom stereocenters. The summed E-state index contributed by atoms with van der Waals surface area (Å²) in [5.74, 6) is 1.03. The second kappa shape index (κ2) is 6.28. The molecule has 120 valence electrons. The van der Waals surface area contributed by atoms with E-state index in [1.54, 1.807) is 0 Å². The fraction of sp³-hybridized carbons (Fsp3) is 0.474. The fourth-order valence-electron chi connectivity index (χ4n) is 4.15. The van der Waals surface area contributed by atoms with Gasteiger partial charge >= 0.3 is 0 Å². The molecule has 1 aromatic heterocycles. The number of hydrogen-bond acceptors (Lipinski definition) is 4. The number of anilines is 1. The molecular weight excluding hydrogens is 284 g/mol. The molecular formula is C19H24N4. The summed E-state index contributed by atoms with van der Waals surface area (Å²) >= 11 is 0. The summed E-state index contributed by atoms with van der Waals surface area (Å²) in [5, 5.41) is 8.97. The van der Waals surface area contributed by atoms with Gasteiger partial charge in [0, 0.05) is 30.7 Å². The quantitative estimate of drug-likeness (QED) is 0.871. The fourth-order valence-corrected chi connectivity index (χ4v) is 4.15. The van der Waals surface area contributed by atoms with E-state index in [-0.39, 0.29) is 0 Å². The summed E-state index contributed by atoms with van der Waals surface area (Å²) in [6.45, 7) is 5.63. The molecule has 2 aliphatic heterocycles. The minimum absolute atomic E-state index is 0.683. The van der Waals surface area contributed by atoms with Crippen molar-refractivity contribution in [1.29, 1.82) is 0 Å². The molecule has 0 N–H and O–H groups in total. The Labute approximate surface area is 138 Å². The van der Waals surface area contributed by atoms with Gasteiger partial charge in [0.1, 0.15) is 0 Å². The van der Waals surface area contributed by atoms with Crippen LogP contribution >= 0.6 is 0 Å². The number of piperazine rings is 1. The lowest BCUT2D eigenvalue weighted by atomic mass is 9.91. The molecule has 2 atom stereocenters. The third kappa shape index (κ3) is 2.83. The Morgan fingerprint density at radius 2 is 1.70 bits per heavy atom. The largest absolute Gasteiger partial charge is 0.352 e. The second-order valence-electron chi connectivity index (χ2n) is 6.62. The van der Waals surface area contributed by atoms with Crippen molar-refractivity contribution in [2.75, 3.05) is 24.5 Å². The molecule has 4 nitrogen and oxygen atoms in total. The van der Waals surface area contributed by atoms with Gasteiger partial charge in [-0.1, -0.05) is 43.7 Å². The van der Waals surface area contributed by atoms with Crippen LogP contribution in [0, 0.1) is 0 Å². The number of benzene rings is 1. The maximum Gasteiger partial charge on any atom is 0.151 e. The van der Waals surface area contributed by atoms with Crippen LogP contribution in [0.25, 0.3) is 11.3 Å². The molecule has 2 fully saturated rings. The SMILES string of the molecule is CCN1C2CCCC1CN(c1ccc(-c3ccccc3)nn1)C2. The van der Waals surface area contributed by atoms with Crippen LogP contribution in [-0.2, 0) is 0 Å². The van der Waals surface area contributed by atoms with Crippen molar-refractivity contribution >= 4 is 5.82 Å². The molecule has 2 aromatic rings. The number of aromatic nitrogens is 2. The highest BCUT2D eigenvalue weighted by Gasteiger charge is 2.36. The number of hydrogen-bond donors (Lipinski definition) is 0. The Morgan fingerprint density at radius 1 is 0.957 bits per heavy atom. The highest BCUT2D eigenvalue weighted by atomic mass is 15.3. The van der Waals surface area contributed by atoms with E-state index in [9.17, 15) is 0 Å². The average Bonchev–Trinajstić information content (AvgIpc) is 2.61. The van der Waals surface area contributed by atoms with E-state index >= 15 is 0 Å². The number of rotatable bonds is 3. The monoisotopic (exact) mass is 308 g/mol. The van der Waals surface area contributed by atoms with Gasteiger partial charge in [-0.15, -0.1) is 10.2 Å². The Kier molecular flexibility index (Phi) is 4.00. The first-order valence-electron chi connectivity index (χ1n) is 8.75. The van der Waals surface area contributed by atoms with E-state index in [4.69, 9.17) is 0 Å². The van der Waals surface area contributed by atoms with E-state index < -0.39 is 0 Å². The molecule has 0 saturated carbocycles. The van der Waals surface area contributed by atoms with Crippen molar-refractivity contribution in [3.8, 4) is 11.3 Å². The highest BCUT2D eigenvalue weighted by Crippen LogP contribution is 2.30. The molecule has 23 heavy (non-hydrogen) atoms. The predicted octanol–water partition coefficient (Wildman–Crippen LogP) is 3.21. The summed E-state index contributed by atoms with van der Waals surface area (Å²) in [6, 6.07) is 15.9. The molecule has 1 aromatic carbocycles. The van der Waals surface area contributed by atoms with Crippen LogP contribution in [0.2, 0.25) is 0 Å². The molecule has 4 rings (SSSR count). The van der Waals surface area contributed by atoms with Crippen molar-refractivity contribution in [1.82, 2.24) is 15.1 Å². The van der Waals surface area contributed by atoms with E-state index in [1.165, 1.54) is 25.8 Å². The van der Waals surface area contributed by atoms with Crippen molar-refractivity contribution in [2.24, 2.45) is 0 Å². The van der Waals surface area contributed by atoms with E-state index in [0.29, 0.717) is 12.1 Å². The van der Waals surface area contributed by atoms with Crippen molar-refractivity contribution < 1.29 is 0 Å². The highest BCUT2D eigenvalue weighted by molar-refractivity contribution is 5.59. The van der Waals surface area contributed by atoms with Crippen molar-refractivity contribution in [2.45, 2.75) is 38.3 Å². The van der Waals surface area contributed by atoms with Gasteiger partial charge in [-0.2, -0.15) is 0 Å². The Morgan fingerprint density at radius 3 is 2.30 bits per heavy atom. The van der Waals surface area contributed by atoms with Crippen LogP contribution in [-0.4, -0.2) is 46.8 Å². The lowest BCUT2D eigenvalue weighted by molar-refractivity contribution is 0.0714. The normalized spacial score (nSPS) is 24.7. The number of fused-ring (bicyclic) bond motifs is 2. The van der Waals surface area contributed by atoms with Gasteiger partial charge in [0.15, 0.2) is 5.82 Å². The van der Waals surface area contributed by atoms with Crippen LogP contribution in [0.1, 0.15) is 26.2 Å². The first kappa shape index (κ1) is 14.6. The van der Waals surface area contributed by atoms with Crippen molar-refractivity contribution in [3.63, 3.8) is 0 Å². The number of piperidine rings is 1. The molecule has 2 bridgehead atoms. The smallest absolute Gasteiger partial charge is 0.151 e. The van der Waals surface area contributed by atoms with Crippen LogP contribution in [0.4, 0.5) is 5.82 Å².